The van der Waals surface area contributed by atoms with Gasteiger partial charge in [-0.3, -0.25) is 4.79 Å². The third kappa shape index (κ3) is 5.54. The predicted molar refractivity (Wildman–Crippen MR) is 118 cm³/mol. The number of amides is 1. The lowest BCUT2D eigenvalue weighted by Gasteiger charge is -2.08. The van der Waals surface area contributed by atoms with Gasteiger partial charge in [0.2, 0.25) is 5.88 Å². The van der Waals surface area contributed by atoms with Gasteiger partial charge in [0.05, 0.1) is 35.6 Å². The molecule has 2 aromatic heterocycles. The van der Waals surface area contributed by atoms with Crippen LogP contribution in [0.5, 0.6) is 5.88 Å². The van der Waals surface area contributed by atoms with E-state index in [0.717, 1.165) is 16.6 Å². The van der Waals surface area contributed by atoms with Crippen molar-refractivity contribution >= 4 is 51.8 Å². The first kappa shape index (κ1) is 21.7. The van der Waals surface area contributed by atoms with Gasteiger partial charge in [0.15, 0.2) is 5.76 Å². The van der Waals surface area contributed by atoms with E-state index in [-0.39, 0.29) is 19.0 Å². The van der Waals surface area contributed by atoms with Crippen molar-refractivity contribution in [1.82, 2.24) is 9.97 Å². The van der Waals surface area contributed by atoms with Gasteiger partial charge >= 0.3 is 0 Å². The van der Waals surface area contributed by atoms with Crippen LogP contribution in [0.2, 0.25) is 10.0 Å². The van der Waals surface area contributed by atoms with Crippen molar-refractivity contribution in [3.63, 3.8) is 0 Å². The minimum atomic E-state index is -0.428. The van der Waals surface area contributed by atoms with Crippen LogP contribution in [0.3, 0.4) is 0 Å². The molecule has 0 atom stereocenters. The summed E-state index contributed by atoms with van der Waals surface area (Å²) in [5.41, 5.74) is 2.16. The number of carbonyl (C=O) groups excluding carboxylic acids is 1. The van der Waals surface area contributed by atoms with Crippen LogP contribution >= 0.6 is 23.2 Å². The smallest absolute Gasteiger partial charge is 0.290 e. The Labute approximate surface area is 182 Å². The van der Waals surface area contributed by atoms with Gasteiger partial charge in [-0.15, -0.1) is 0 Å². The van der Waals surface area contributed by atoms with Crippen LogP contribution in [0, 0.1) is 0 Å². The number of halogens is 2. The van der Waals surface area contributed by atoms with Gasteiger partial charge in [-0.1, -0.05) is 29.3 Å². The number of nitrogens with zero attached hydrogens (tertiary/aromatic N) is 1. The Kier molecular flexibility index (Phi) is 7.35. The Morgan fingerprint density at radius 2 is 2.07 bits per heavy atom. The maximum atomic E-state index is 12.4. The van der Waals surface area contributed by atoms with Gasteiger partial charge in [0, 0.05) is 22.7 Å². The molecule has 3 N–H and O–H groups in total. The number of H-pyrrole nitrogens is 1. The number of hydrogen-bond acceptors (Lipinski definition) is 5. The maximum Gasteiger partial charge on any atom is 0.290 e. The number of methoxy groups -OCH3 is 1. The molecule has 0 spiro atoms. The standard InChI is InChI=1S/C21H19Cl2N3O4/c1-29-19(21(28)26-15-5-6-20(24-12-15)30-8-7-27)4-2-3-14-9-13-10-16(22)17(23)11-18(13)25-14/h2-6,9-12,25,27H,7-8H2,1H3,(H,26,28)/b3-2+,19-4+. The SMILES string of the molecule is CO/C(=C/C=C/c1cc2cc(Cl)c(Cl)cc2[nH]1)C(=O)Nc1ccc(OCCO)nc1. The van der Waals surface area contributed by atoms with Crippen LogP contribution in [-0.4, -0.2) is 41.3 Å². The number of carbonyl (C=O) groups is 1. The van der Waals surface area contributed by atoms with E-state index >= 15 is 0 Å². The molecular weight excluding hydrogens is 429 g/mol. The van der Waals surface area contributed by atoms with Crippen molar-refractivity contribution in [2.45, 2.75) is 0 Å². The van der Waals surface area contributed by atoms with Gasteiger partial charge < -0.3 is 24.9 Å². The van der Waals surface area contributed by atoms with Gasteiger partial charge in [-0.05, 0) is 36.4 Å². The Morgan fingerprint density at radius 3 is 2.77 bits per heavy atom. The van der Waals surface area contributed by atoms with E-state index in [2.05, 4.69) is 15.3 Å². The monoisotopic (exact) mass is 447 g/mol. The van der Waals surface area contributed by atoms with Gasteiger partial charge in [-0.2, -0.15) is 0 Å². The molecule has 3 aromatic rings. The topological polar surface area (TPSA) is 96.5 Å². The average Bonchev–Trinajstić information content (AvgIpc) is 3.12. The van der Waals surface area contributed by atoms with Crippen molar-refractivity contribution in [3.8, 4) is 5.88 Å². The van der Waals surface area contributed by atoms with Crippen LogP contribution in [-0.2, 0) is 9.53 Å². The molecule has 156 valence electrons. The molecule has 0 fully saturated rings. The molecule has 7 nitrogen and oxygen atoms in total. The third-order valence-electron chi connectivity index (χ3n) is 3.98. The van der Waals surface area contributed by atoms with Crippen molar-refractivity contribution in [3.05, 3.63) is 70.2 Å². The van der Waals surface area contributed by atoms with Crippen molar-refractivity contribution < 1.29 is 19.4 Å². The quantitative estimate of drug-likeness (QED) is 0.269. The molecule has 30 heavy (non-hydrogen) atoms. The van der Waals surface area contributed by atoms with Crippen LogP contribution in [0.15, 0.2) is 54.4 Å². The number of aliphatic hydroxyl groups excluding tert-OH is 1. The second-order valence-electron chi connectivity index (χ2n) is 6.08. The summed E-state index contributed by atoms with van der Waals surface area (Å²) in [5, 5.41) is 13.3. The highest BCUT2D eigenvalue weighted by Gasteiger charge is 2.10. The lowest BCUT2D eigenvalue weighted by Crippen LogP contribution is -2.15. The number of aliphatic hydroxyl groups is 1. The summed E-state index contributed by atoms with van der Waals surface area (Å²) in [7, 11) is 1.41. The first-order chi connectivity index (χ1) is 14.5. The summed E-state index contributed by atoms with van der Waals surface area (Å²) in [4.78, 5) is 19.6. The van der Waals surface area contributed by atoms with Crippen LogP contribution in [0.25, 0.3) is 17.0 Å². The third-order valence-corrected chi connectivity index (χ3v) is 4.71. The number of fused-ring (bicyclic) bond motifs is 1. The minimum Gasteiger partial charge on any atom is -0.491 e. The summed E-state index contributed by atoms with van der Waals surface area (Å²) >= 11 is 12.1. The summed E-state index contributed by atoms with van der Waals surface area (Å²) < 4.78 is 10.3. The van der Waals surface area contributed by atoms with Crippen LogP contribution in [0.1, 0.15) is 5.69 Å². The highest BCUT2D eigenvalue weighted by Crippen LogP contribution is 2.28. The molecular formula is C21H19Cl2N3O4. The second-order valence-corrected chi connectivity index (χ2v) is 6.90. The zero-order valence-corrected chi connectivity index (χ0v) is 17.5. The second kappa shape index (κ2) is 10.2. The molecule has 0 unspecified atom stereocenters. The van der Waals surface area contributed by atoms with Crippen molar-refractivity contribution in [2.75, 3.05) is 25.6 Å². The summed E-state index contributed by atoms with van der Waals surface area (Å²) in [6, 6.07) is 8.69. The number of pyridine rings is 1. The molecule has 0 bridgehead atoms. The summed E-state index contributed by atoms with van der Waals surface area (Å²) in [5.74, 6) is 0.0469. The lowest BCUT2D eigenvalue weighted by atomic mass is 10.2. The average molecular weight is 448 g/mol. The zero-order valence-electron chi connectivity index (χ0n) is 16.0. The number of benzene rings is 1. The normalized spacial score (nSPS) is 11.8. The lowest BCUT2D eigenvalue weighted by molar-refractivity contribution is -0.115. The van der Waals surface area contributed by atoms with E-state index in [4.69, 9.17) is 37.8 Å². The first-order valence-corrected chi connectivity index (χ1v) is 9.67. The van der Waals surface area contributed by atoms with Gasteiger partial charge in [0.25, 0.3) is 5.91 Å². The Bertz CT molecular complexity index is 1050. The Balaban J connectivity index is 1.66. The molecule has 1 amide bonds. The molecule has 0 aliphatic rings. The number of hydrogen-bond donors (Lipinski definition) is 3. The summed E-state index contributed by atoms with van der Waals surface area (Å²) in [6.45, 7) is 0.0493. The molecule has 0 saturated carbocycles. The highest BCUT2D eigenvalue weighted by atomic mass is 35.5. The number of nitrogens with one attached hydrogen (secondary N) is 2. The zero-order chi connectivity index (χ0) is 21.5. The van der Waals surface area contributed by atoms with Gasteiger partial charge in [0.1, 0.15) is 6.61 Å². The Morgan fingerprint density at radius 1 is 1.27 bits per heavy atom. The molecule has 0 saturated heterocycles. The number of rotatable bonds is 8. The van der Waals surface area contributed by atoms with Crippen molar-refractivity contribution in [2.24, 2.45) is 0 Å². The molecule has 0 aliphatic heterocycles. The fraction of sp³-hybridized carbons (Fsp3) is 0.143. The molecule has 9 heteroatoms. The van der Waals surface area contributed by atoms with E-state index in [1.165, 1.54) is 13.3 Å². The van der Waals surface area contributed by atoms with Crippen LogP contribution in [0.4, 0.5) is 5.69 Å². The number of aromatic amines is 1. The number of aromatic nitrogens is 2. The van der Waals surface area contributed by atoms with E-state index < -0.39 is 5.91 Å². The van der Waals surface area contributed by atoms with E-state index in [9.17, 15) is 4.79 Å². The molecule has 1 aromatic carbocycles. The molecule has 3 rings (SSSR count). The minimum absolute atomic E-state index is 0.102. The largest absolute Gasteiger partial charge is 0.491 e. The van der Waals surface area contributed by atoms with E-state index in [1.54, 1.807) is 42.5 Å². The van der Waals surface area contributed by atoms with Crippen molar-refractivity contribution in [1.29, 1.82) is 0 Å². The fourth-order valence-electron chi connectivity index (χ4n) is 2.60. The maximum absolute atomic E-state index is 12.4. The van der Waals surface area contributed by atoms with Gasteiger partial charge in [-0.25, -0.2) is 4.98 Å². The molecule has 0 radical (unpaired) electrons. The number of anilines is 1. The predicted octanol–water partition coefficient (Wildman–Crippen LogP) is 4.42. The van der Waals surface area contributed by atoms with E-state index in [1.807, 2.05) is 6.07 Å². The number of ether oxygens (including phenoxy) is 2. The van der Waals surface area contributed by atoms with Crippen LogP contribution < -0.4 is 10.1 Å². The molecule has 2 heterocycles. The highest BCUT2D eigenvalue weighted by molar-refractivity contribution is 6.42. The Hall–Kier alpha value is -3.00. The van der Waals surface area contributed by atoms with E-state index in [0.29, 0.717) is 21.6 Å². The first-order valence-electron chi connectivity index (χ1n) is 8.91. The summed E-state index contributed by atoms with van der Waals surface area (Å²) in [6.07, 6.45) is 6.49. The molecule has 0 aliphatic carbocycles. The number of allylic oxidation sites excluding steroid dienone is 2. The fourth-order valence-corrected chi connectivity index (χ4v) is 2.93.